The highest BCUT2D eigenvalue weighted by atomic mass is 16.5. The van der Waals surface area contributed by atoms with Gasteiger partial charge in [-0.15, -0.1) is 0 Å². The van der Waals surface area contributed by atoms with Crippen molar-refractivity contribution in [3.63, 3.8) is 0 Å². The van der Waals surface area contributed by atoms with Gasteiger partial charge in [0, 0.05) is 13.2 Å². The zero-order valence-corrected chi connectivity index (χ0v) is 13.1. The van der Waals surface area contributed by atoms with Crippen molar-refractivity contribution < 1.29 is 9.53 Å². The van der Waals surface area contributed by atoms with Crippen molar-refractivity contribution in [1.82, 2.24) is 15.5 Å². The van der Waals surface area contributed by atoms with Gasteiger partial charge in [0.2, 0.25) is 5.91 Å². The average molecular weight is 283 g/mol. The molecule has 20 heavy (non-hydrogen) atoms. The first-order valence-corrected chi connectivity index (χ1v) is 7.81. The van der Waals surface area contributed by atoms with Gasteiger partial charge in [0.1, 0.15) is 0 Å². The summed E-state index contributed by atoms with van der Waals surface area (Å²) in [5, 5.41) is 6.54. The van der Waals surface area contributed by atoms with Crippen LogP contribution in [0.15, 0.2) is 0 Å². The monoisotopic (exact) mass is 283 g/mol. The van der Waals surface area contributed by atoms with E-state index in [1.54, 1.807) is 7.11 Å². The molecule has 2 fully saturated rings. The lowest BCUT2D eigenvalue weighted by Crippen LogP contribution is -2.55. The molecule has 0 saturated carbocycles. The zero-order chi connectivity index (χ0) is 14.6. The lowest BCUT2D eigenvalue weighted by atomic mass is 10.0. The molecule has 1 unspecified atom stereocenters. The van der Waals surface area contributed by atoms with Crippen molar-refractivity contribution in [2.24, 2.45) is 0 Å². The van der Waals surface area contributed by atoms with Gasteiger partial charge in [0.15, 0.2) is 0 Å². The Kier molecular flexibility index (Phi) is 5.41. The van der Waals surface area contributed by atoms with Crippen LogP contribution >= 0.6 is 0 Å². The number of carbonyl (C=O) groups excluding carboxylic acids is 1. The molecule has 1 amide bonds. The van der Waals surface area contributed by atoms with Crippen LogP contribution in [0.2, 0.25) is 0 Å². The summed E-state index contributed by atoms with van der Waals surface area (Å²) in [5.41, 5.74) is -0.297. The second-order valence-electron chi connectivity index (χ2n) is 6.68. The Balaban J connectivity index is 1.93. The van der Waals surface area contributed by atoms with E-state index in [0.717, 1.165) is 45.3 Å². The van der Waals surface area contributed by atoms with Crippen molar-refractivity contribution in [3.05, 3.63) is 0 Å². The van der Waals surface area contributed by atoms with Crippen LogP contribution in [-0.2, 0) is 9.53 Å². The maximum absolute atomic E-state index is 12.6. The number of likely N-dealkylation sites (tertiary alicyclic amines) is 1. The summed E-state index contributed by atoms with van der Waals surface area (Å²) in [6, 6.07) is 0.620. The molecular weight excluding hydrogens is 254 g/mol. The summed E-state index contributed by atoms with van der Waals surface area (Å²) in [4.78, 5) is 15.0. The minimum atomic E-state index is -0.297. The highest BCUT2D eigenvalue weighted by Crippen LogP contribution is 2.25. The third kappa shape index (κ3) is 3.93. The summed E-state index contributed by atoms with van der Waals surface area (Å²) >= 11 is 0. The minimum absolute atomic E-state index is 0.0502. The number of methoxy groups -OCH3 is 1. The topological polar surface area (TPSA) is 53.6 Å². The number of nitrogens with zero attached hydrogens (tertiary/aromatic N) is 1. The molecule has 0 aromatic rings. The molecule has 5 heteroatoms. The van der Waals surface area contributed by atoms with Gasteiger partial charge in [-0.05, 0) is 59.2 Å². The maximum Gasteiger partial charge on any atom is 0.237 e. The third-order valence-electron chi connectivity index (χ3n) is 4.34. The van der Waals surface area contributed by atoms with Crippen molar-refractivity contribution in [1.29, 1.82) is 0 Å². The lowest BCUT2D eigenvalue weighted by Gasteiger charge is -2.36. The Morgan fingerprint density at radius 3 is 2.70 bits per heavy atom. The summed E-state index contributed by atoms with van der Waals surface area (Å²) in [6.07, 6.45) is 4.43. The Bertz CT molecular complexity index is 327. The summed E-state index contributed by atoms with van der Waals surface area (Å²) < 4.78 is 5.18. The smallest absolute Gasteiger partial charge is 0.237 e. The number of carbonyl (C=O) groups is 1. The Labute approximate surface area is 122 Å². The van der Waals surface area contributed by atoms with Crippen LogP contribution in [0.1, 0.15) is 39.5 Å². The summed E-state index contributed by atoms with van der Waals surface area (Å²) in [6.45, 7) is 7.78. The van der Waals surface area contributed by atoms with Crippen LogP contribution in [0.5, 0.6) is 0 Å². The standard InChI is InChI=1S/C15H29N3O2/c1-15(2,11-20-3)17-14(19)13-5-4-10-18(13)12-6-8-16-9-7-12/h12-13,16H,4-11H2,1-3H3,(H,17,19). The summed E-state index contributed by atoms with van der Waals surface area (Å²) in [7, 11) is 1.67. The number of amides is 1. The predicted octanol–water partition coefficient (Wildman–Crippen LogP) is 0.744. The fraction of sp³-hybridized carbons (Fsp3) is 0.933. The van der Waals surface area contributed by atoms with Gasteiger partial charge in [0.05, 0.1) is 18.2 Å². The van der Waals surface area contributed by atoms with E-state index in [4.69, 9.17) is 4.74 Å². The quantitative estimate of drug-likeness (QED) is 0.781. The molecule has 0 spiro atoms. The lowest BCUT2D eigenvalue weighted by molar-refractivity contribution is -0.128. The SMILES string of the molecule is COCC(C)(C)NC(=O)C1CCCN1C1CCNCC1. The molecular formula is C15H29N3O2. The molecule has 0 aromatic heterocycles. The number of hydrogen-bond acceptors (Lipinski definition) is 4. The minimum Gasteiger partial charge on any atom is -0.382 e. The number of rotatable bonds is 5. The van der Waals surface area contributed by atoms with Gasteiger partial charge in [0.25, 0.3) is 0 Å². The van der Waals surface area contributed by atoms with E-state index in [2.05, 4.69) is 15.5 Å². The van der Waals surface area contributed by atoms with E-state index in [1.807, 2.05) is 13.8 Å². The molecule has 2 aliphatic heterocycles. The van der Waals surface area contributed by atoms with Gasteiger partial charge in [-0.1, -0.05) is 0 Å². The van der Waals surface area contributed by atoms with Crippen molar-refractivity contribution in [2.75, 3.05) is 33.4 Å². The predicted molar refractivity (Wildman–Crippen MR) is 79.7 cm³/mol. The Morgan fingerprint density at radius 1 is 1.35 bits per heavy atom. The second kappa shape index (κ2) is 6.87. The van der Waals surface area contributed by atoms with Crippen molar-refractivity contribution in [2.45, 2.75) is 57.2 Å². The molecule has 2 rings (SSSR count). The molecule has 2 heterocycles. The van der Waals surface area contributed by atoms with E-state index >= 15 is 0 Å². The largest absolute Gasteiger partial charge is 0.382 e. The van der Waals surface area contributed by atoms with Crippen LogP contribution in [-0.4, -0.2) is 61.8 Å². The fourth-order valence-electron chi connectivity index (χ4n) is 3.46. The van der Waals surface area contributed by atoms with Crippen LogP contribution in [0, 0.1) is 0 Å². The van der Waals surface area contributed by atoms with Crippen LogP contribution < -0.4 is 10.6 Å². The zero-order valence-electron chi connectivity index (χ0n) is 13.1. The highest BCUT2D eigenvalue weighted by molar-refractivity contribution is 5.82. The number of piperidine rings is 1. The van der Waals surface area contributed by atoms with Crippen LogP contribution in [0.25, 0.3) is 0 Å². The molecule has 2 saturated heterocycles. The first kappa shape index (κ1) is 15.7. The molecule has 0 radical (unpaired) electrons. The normalized spacial score (nSPS) is 25.9. The molecule has 1 atom stereocenters. The van der Waals surface area contributed by atoms with E-state index in [9.17, 15) is 4.79 Å². The van der Waals surface area contributed by atoms with E-state index in [0.29, 0.717) is 12.6 Å². The molecule has 2 N–H and O–H groups in total. The van der Waals surface area contributed by atoms with Crippen LogP contribution in [0.3, 0.4) is 0 Å². The highest BCUT2D eigenvalue weighted by Gasteiger charge is 2.37. The summed E-state index contributed by atoms with van der Waals surface area (Å²) in [5.74, 6) is 0.170. The fourth-order valence-corrected chi connectivity index (χ4v) is 3.46. The molecule has 116 valence electrons. The third-order valence-corrected chi connectivity index (χ3v) is 4.34. The molecule has 0 bridgehead atoms. The van der Waals surface area contributed by atoms with Gasteiger partial charge in [-0.2, -0.15) is 0 Å². The Hall–Kier alpha value is -0.650. The van der Waals surface area contributed by atoms with E-state index in [-0.39, 0.29) is 17.5 Å². The van der Waals surface area contributed by atoms with E-state index in [1.165, 1.54) is 0 Å². The number of nitrogens with one attached hydrogen (secondary N) is 2. The van der Waals surface area contributed by atoms with Gasteiger partial charge < -0.3 is 15.4 Å². The van der Waals surface area contributed by atoms with Gasteiger partial charge >= 0.3 is 0 Å². The number of ether oxygens (including phenoxy) is 1. The second-order valence-corrected chi connectivity index (χ2v) is 6.68. The molecule has 0 aliphatic carbocycles. The van der Waals surface area contributed by atoms with Gasteiger partial charge in [-0.25, -0.2) is 0 Å². The molecule has 5 nitrogen and oxygen atoms in total. The first-order valence-electron chi connectivity index (χ1n) is 7.81. The number of hydrogen-bond donors (Lipinski definition) is 2. The molecule has 2 aliphatic rings. The Morgan fingerprint density at radius 2 is 2.05 bits per heavy atom. The van der Waals surface area contributed by atoms with Crippen molar-refractivity contribution >= 4 is 5.91 Å². The maximum atomic E-state index is 12.6. The van der Waals surface area contributed by atoms with Crippen molar-refractivity contribution in [3.8, 4) is 0 Å². The van der Waals surface area contributed by atoms with Crippen LogP contribution in [0.4, 0.5) is 0 Å². The van der Waals surface area contributed by atoms with E-state index < -0.39 is 0 Å². The first-order chi connectivity index (χ1) is 9.53. The molecule has 0 aromatic carbocycles. The van der Waals surface area contributed by atoms with Gasteiger partial charge in [-0.3, -0.25) is 9.69 Å². The average Bonchev–Trinajstić information content (AvgIpc) is 2.88.